The van der Waals surface area contributed by atoms with E-state index < -0.39 is 0 Å². The van der Waals surface area contributed by atoms with Crippen molar-refractivity contribution >= 4 is 34.6 Å². The number of ether oxygens (including phenoxy) is 1. The molecule has 0 bridgehead atoms. The smallest absolute Gasteiger partial charge is 0.143 e. The molecular formula is C26H26Cl2N2O. The van der Waals surface area contributed by atoms with E-state index in [0.29, 0.717) is 12.6 Å². The molecule has 3 aromatic rings. The monoisotopic (exact) mass is 452 g/mol. The van der Waals surface area contributed by atoms with Crippen LogP contribution in [0, 0.1) is 0 Å². The molecule has 0 amide bonds. The molecule has 3 nitrogen and oxygen atoms in total. The fourth-order valence-electron chi connectivity index (χ4n) is 4.73. The molecule has 2 heterocycles. The van der Waals surface area contributed by atoms with E-state index in [-0.39, 0.29) is 0 Å². The second-order valence-electron chi connectivity index (χ2n) is 8.35. The molecule has 5 heteroatoms. The Kier molecular flexibility index (Phi) is 6.08. The van der Waals surface area contributed by atoms with Crippen molar-refractivity contribution in [1.82, 2.24) is 4.90 Å². The van der Waals surface area contributed by atoms with Gasteiger partial charge in [-0.2, -0.15) is 0 Å². The van der Waals surface area contributed by atoms with Gasteiger partial charge < -0.3 is 9.64 Å². The van der Waals surface area contributed by atoms with E-state index >= 15 is 0 Å². The first-order valence-electron chi connectivity index (χ1n) is 10.9. The molecule has 0 radical (unpaired) electrons. The Morgan fingerprint density at radius 1 is 0.903 bits per heavy atom. The Labute approximate surface area is 194 Å². The number of hydrogen-bond donors (Lipinski definition) is 0. The molecule has 1 saturated heterocycles. The number of rotatable bonds is 5. The molecule has 31 heavy (non-hydrogen) atoms. The van der Waals surface area contributed by atoms with Crippen molar-refractivity contribution in [3.05, 3.63) is 87.9 Å². The summed E-state index contributed by atoms with van der Waals surface area (Å²) in [6, 6.07) is 23.2. The summed E-state index contributed by atoms with van der Waals surface area (Å²) in [7, 11) is 0. The highest BCUT2D eigenvalue weighted by Gasteiger charge is 2.30. The van der Waals surface area contributed by atoms with Gasteiger partial charge in [-0.25, -0.2) is 0 Å². The summed E-state index contributed by atoms with van der Waals surface area (Å²) in [6.45, 7) is 3.69. The lowest BCUT2D eigenvalue weighted by molar-refractivity contribution is 0.261. The normalized spacial score (nSPS) is 18.3. The van der Waals surface area contributed by atoms with Gasteiger partial charge in [-0.05, 0) is 67.8 Å². The van der Waals surface area contributed by atoms with Crippen LogP contribution in [-0.4, -0.2) is 30.6 Å². The van der Waals surface area contributed by atoms with Crippen molar-refractivity contribution in [2.45, 2.75) is 31.9 Å². The molecule has 1 atom stereocenters. The Hall–Kier alpha value is -2.20. The summed E-state index contributed by atoms with van der Waals surface area (Å²) in [6.07, 6.45) is 3.48. The minimum atomic E-state index is 0.491. The molecule has 2 aliphatic rings. The fourth-order valence-corrected chi connectivity index (χ4v) is 5.02. The third-order valence-electron chi connectivity index (χ3n) is 6.37. The molecule has 5 rings (SSSR count). The number of benzene rings is 3. The van der Waals surface area contributed by atoms with E-state index in [1.165, 1.54) is 24.0 Å². The zero-order valence-electron chi connectivity index (χ0n) is 17.4. The highest BCUT2D eigenvalue weighted by Crippen LogP contribution is 2.41. The summed E-state index contributed by atoms with van der Waals surface area (Å²) in [5, 5.41) is 1.55. The molecular weight excluding hydrogens is 427 g/mol. The van der Waals surface area contributed by atoms with Crippen LogP contribution in [0.5, 0.6) is 5.75 Å². The number of anilines is 2. The molecule has 0 N–H and O–H groups in total. The average molecular weight is 453 g/mol. The number of likely N-dealkylation sites (tertiary alicyclic amines) is 1. The second-order valence-corrected chi connectivity index (χ2v) is 9.22. The first kappa shape index (κ1) is 20.7. The van der Waals surface area contributed by atoms with Crippen LogP contribution < -0.4 is 9.64 Å². The van der Waals surface area contributed by atoms with Crippen molar-refractivity contribution in [3.8, 4) is 5.75 Å². The van der Waals surface area contributed by atoms with Crippen LogP contribution in [0.15, 0.2) is 66.7 Å². The predicted molar refractivity (Wildman–Crippen MR) is 129 cm³/mol. The standard InChI is InChI=1S/C26H26Cl2N2O/c27-21-10-7-19(8-11-21)13-15-29-14-3-4-23(29)17-30-24-5-1-2-6-26(24)31-18-20-9-12-22(28)16-25(20)30/h1-2,5-12,16,23H,3-4,13-15,17-18H2. The molecule has 0 aliphatic carbocycles. The van der Waals surface area contributed by atoms with E-state index in [4.69, 9.17) is 27.9 Å². The minimum Gasteiger partial charge on any atom is -0.487 e. The van der Waals surface area contributed by atoms with Crippen LogP contribution in [0.1, 0.15) is 24.0 Å². The first-order chi connectivity index (χ1) is 15.2. The number of fused-ring (bicyclic) bond motifs is 2. The quantitative estimate of drug-likeness (QED) is 0.426. The summed E-state index contributed by atoms with van der Waals surface area (Å²) in [4.78, 5) is 5.04. The molecule has 0 spiro atoms. The summed E-state index contributed by atoms with van der Waals surface area (Å²) < 4.78 is 6.14. The Balaban J connectivity index is 1.39. The van der Waals surface area contributed by atoms with Gasteiger partial charge in [0.25, 0.3) is 0 Å². The van der Waals surface area contributed by atoms with Gasteiger partial charge >= 0.3 is 0 Å². The van der Waals surface area contributed by atoms with Crippen molar-refractivity contribution in [3.63, 3.8) is 0 Å². The number of para-hydroxylation sites is 2. The zero-order valence-corrected chi connectivity index (χ0v) is 18.9. The van der Waals surface area contributed by atoms with Crippen molar-refractivity contribution in [2.75, 3.05) is 24.5 Å². The van der Waals surface area contributed by atoms with Gasteiger partial charge in [0.15, 0.2) is 0 Å². The van der Waals surface area contributed by atoms with Crippen molar-refractivity contribution in [1.29, 1.82) is 0 Å². The molecule has 3 aromatic carbocycles. The van der Waals surface area contributed by atoms with Crippen LogP contribution in [-0.2, 0) is 13.0 Å². The Morgan fingerprint density at radius 3 is 2.58 bits per heavy atom. The summed E-state index contributed by atoms with van der Waals surface area (Å²) in [5.41, 5.74) is 4.78. The molecule has 160 valence electrons. The fraction of sp³-hybridized carbons (Fsp3) is 0.308. The van der Waals surface area contributed by atoms with Gasteiger partial charge in [0.2, 0.25) is 0 Å². The molecule has 1 unspecified atom stereocenters. The van der Waals surface area contributed by atoms with Gasteiger partial charge in [-0.15, -0.1) is 0 Å². The maximum atomic E-state index is 6.41. The highest BCUT2D eigenvalue weighted by atomic mass is 35.5. The maximum absolute atomic E-state index is 6.41. The van der Waals surface area contributed by atoms with Crippen LogP contribution in [0.2, 0.25) is 10.0 Å². The highest BCUT2D eigenvalue weighted by molar-refractivity contribution is 6.31. The van der Waals surface area contributed by atoms with Crippen LogP contribution >= 0.6 is 23.2 Å². The van der Waals surface area contributed by atoms with Gasteiger partial charge in [0, 0.05) is 40.4 Å². The molecule has 2 aliphatic heterocycles. The lowest BCUT2D eigenvalue weighted by Gasteiger charge is -2.33. The lowest BCUT2D eigenvalue weighted by atomic mass is 10.1. The summed E-state index contributed by atoms with van der Waals surface area (Å²) >= 11 is 12.5. The number of hydrogen-bond acceptors (Lipinski definition) is 3. The van der Waals surface area contributed by atoms with E-state index in [1.54, 1.807) is 0 Å². The molecule has 0 aromatic heterocycles. The first-order valence-corrected chi connectivity index (χ1v) is 11.7. The Bertz CT molecular complexity index is 1050. The topological polar surface area (TPSA) is 15.7 Å². The third kappa shape index (κ3) is 4.55. The van der Waals surface area contributed by atoms with E-state index in [0.717, 1.165) is 53.2 Å². The van der Waals surface area contributed by atoms with Gasteiger partial charge in [-0.3, -0.25) is 4.90 Å². The van der Waals surface area contributed by atoms with Gasteiger partial charge in [0.05, 0.1) is 5.69 Å². The zero-order chi connectivity index (χ0) is 21.2. The Morgan fingerprint density at radius 2 is 1.71 bits per heavy atom. The minimum absolute atomic E-state index is 0.491. The van der Waals surface area contributed by atoms with E-state index in [2.05, 4.69) is 52.3 Å². The number of nitrogens with zero attached hydrogens (tertiary/aromatic N) is 2. The number of halogens is 2. The van der Waals surface area contributed by atoms with Crippen molar-refractivity contribution in [2.24, 2.45) is 0 Å². The third-order valence-corrected chi connectivity index (χ3v) is 6.86. The van der Waals surface area contributed by atoms with Gasteiger partial charge in [-0.1, -0.05) is 53.5 Å². The van der Waals surface area contributed by atoms with E-state index in [9.17, 15) is 0 Å². The SMILES string of the molecule is Clc1ccc(CCN2CCCC2CN2c3cc(Cl)ccc3COc3ccccc32)cc1. The largest absolute Gasteiger partial charge is 0.487 e. The van der Waals surface area contributed by atoms with Gasteiger partial charge in [0.1, 0.15) is 12.4 Å². The molecule has 0 saturated carbocycles. The van der Waals surface area contributed by atoms with Crippen molar-refractivity contribution < 1.29 is 4.74 Å². The molecule has 1 fully saturated rings. The average Bonchev–Trinajstić information content (AvgIpc) is 3.17. The predicted octanol–water partition coefficient (Wildman–Crippen LogP) is 6.73. The van der Waals surface area contributed by atoms with Crippen LogP contribution in [0.3, 0.4) is 0 Å². The van der Waals surface area contributed by atoms with Crippen LogP contribution in [0.4, 0.5) is 11.4 Å². The van der Waals surface area contributed by atoms with E-state index in [1.807, 2.05) is 24.3 Å². The summed E-state index contributed by atoms with van der Waals surface area (Å²) in [5.74, 6) is 0.931. The second kappa shape index (κ2) is 9.12. The lowest BCUT2D eigenvalue weighted by Crippen LogP contribution is -2.39. The maximum Gasteiger partial charge on any atom is 0.143 e. The van der Waals surface area contributed by atoms with Crippen LogP contribution in [0.25, 0.3) is 0 Å².